The third-order valence-corrected chi connectivity index (χ3v) is 5.36. The lowest BCUT2D eigenvalue weighted by atomic mass is 9.96. The highest BCUT2D eigenvalue weighted by Crippen LogP contribution is 2.33. The van der Waals surface area contributed by atoms with Gasteiger partial charge in [0, 0.05) is 45.8 Å². The van der Waals surface area contributed by atoms with E-state index in [4.69, 9.17) is 11.6 Å². The second-order valence-corrected chi connectivity index (χ2v) is 7.21. The second-order valence-electron chi connectivity index (χ2n) is 6.81. The van der Waals surface area contributed by atoms with Crippen LogP contribution in [0.15, 0.2) is 18.2 Å². The van der Waals surface area contributed by atoms with E-state index in [0.717, 1.165) is 25.3 Å². The van der Waals surface area contributed by atoms with Gasteiger partial charge in [0.25, 0.3) is 0 Å². The van der Waals surface area contributed by atoms with Crippen molar-refractivity contribution in [1.29, 1.82) is 5.26 Å². The third-order valence-electron chi connectivity index (χ3n) is 5.05. The van der Waals surface area contributed by atoms with E-state index in [1.807, 2.05) is 18.2 Å². The molecule has 1 aromatic rings. The fourth-order valence-electron chi connectivity index (χ4n) is 3.74. The zero-order valence-corrected chi connectivity index (χ0v) is 14.6. The van der Waals surface area contributed by atoms with Crippen LogP contribution in [0.1, 0.15) is 18.4 Å². The molecule has 1 atom stereocenters. The topological polar surface area (TPSA) is 33.5 Å². The molecule has 4 nitrogen and oxygen atoms in total. The fourth-order valence-corrected chi connectivity index (χ4v) is 4.03. The van der Waals surface area contributed by atoms with Crippen molar-refractivity contribution in [2.45, 2.75) is 12.8 Å². The second kappa shape index (κ2) is 7.53. The molecule has 0 aliphatic carbocycles. The van der Waals surface area contributed by atoms with Gasteiger partial charge in [-0.05, 0) is 37.9 Å². The van der Waals surface area contributed by atoms with Crippen molar-refractivity contribution in [3.8, 4) is 6.07 Å². The van der Waals surface area contributed by atoms with Crippen LogP contribution in [0.3, 0.4) is 0 Å². The molecule has 124 valence electrons. The van der Waals surface area contributed by atoms with Crippen molar-refractivity contribution in [2.75, 3.05) is 57.8 Å². The Kier molecular flexibility index (Phi) is 5.42. The summed E-state index contributed by atoms with van der Waals surface area (Å²) in [5, 5.41) is 10.1. The largest absolute Gasteiger partial charge is 0.369 e. The first kappa shape index (κ1) is 16.6. The average molecular weight is 333 g/mol. The van der Waals surface area contributed by atoms with Crippen LogP contribution in [0.2, 0.25) is 5.02 Å². The smallest absolute Gasteiger partial charge is 0.101 e. The molecular weight excluding hydrogens is 308 g/mol. The van der Waals surface area contributed by atoms with E-state index in [2.05, 4.69) is 27.8 Å². The SMILES string of the molecule is CN1CCN(C[C@@H]2CCCN(c3c(Cl)cccc3C#N)C2)CC1. The summed E-state index contributed by atoms with van der Waals surface area (Å²) < 4.78 is 0. The first-order chi connectivity index (χ1) is 11.2. The van der Waals surface area contributed by atoms with Crippen molar-refractivity contribution >= 4 is 17.3 Å². The lowest BCUT2D eigenvalue weighted by Gasteiger charge is -2.39. The lowest BCUT2D eigenvalue weighted by molar-refractivity contribution is 0.131. The summed E-state index contributed by atoms with van der Waals surface area (Å²) in [5.74, 6) is 0.662. The molecular formula is C18H25ClN4. The first-order valence-corrected chi connectivity index (χ1v) is 8.89. The van der Waals surface area contributed by atoms with Gasteiger partial charge in [0.05, 0.1) is 16.3 Å². The predicted molar refractivity (Wildman–Crippen MR) is 95.0 cm³/mol. The summed E-state index contributed by atoms with van der Waals surface area (Å²) in [4.78, 5) is 7.31. The zero-order chi connectivity index (χ0) is 16.2. The summed E-state index contributed by atoms with van der Waals surface area (Å²) in [5.41, 5.74) is 1.62. The molecule has 0 saturated carbocycles. The fraction of sp³-hybridized carbons (Fsp3) is 0.611. The van der Waals surface area contributed by atoms with Gasteiger partial charge in [-0.3, -0.25) is 0 Å². The highest BCUT2D eigenvalue weighted by molar-refractivity contribution is 6.33. The number of nitriles is 1. The minimum atomic E-state index is 0.662. The molecule has 2 aliphatic rings. The molecule has 0 unspecified atom stereocenters. The van der Waals surface area contributed by atoms with E-state index in [1.54, 1.807) is 0 Å². The predicted octanol–water partition coefficient (Wildman–Crippen LogP) is 2.68. The van der Waals surface area contributed by atoms with Gasteiger partial charge in [0.2, 0.25) is 0 Å². The molecule has 0 amide bonds. The van der Waals surface area contributed by atoms with E-state index >= 15 is 0 Å². The van der Waals surface area contributed by atoms with Crippen molar-refractivity contribution in [2.24, 2.45) is 5.92 Å². The van der Waals surface area contributed by atoms with Gasteiger partial charge >= 0.3 is 0 Å². The van der Waals surface area contributed by atoms with Crippen LogP contribution in [0.4, 0.5) is 5.69 Å². The molecule has 2 saturated heterocycles. The Bertz CT molecular complexity index is 575. The Morgan fingerprint density at radius 1 is 1.22 bits per heavy atom. The van der Waals surface area contributed by atoms with Gasteiger partial charge in [-0.1, -0.05) is 17.7 Å². The minimum Gasteiger partial charge on any atom is -0.369 e. The van der Waals surface area contributed by atoms with Crippen LogP contribution in [-0.2, 0) is 0 Å². The van der Waals surface area contributed by atoms with E-state index in [-0.39, 0.29) is 0 Å². The number of benzene rings is 1. The quantitative estimate of drug-likeness (QED) is 0.852. The number of rotatable bonds is 3. The number of piperazine rings is 1. The monoisotopic (exact) mass is 332 g/mol. The van der Waals surface area contributed by atoms with E-state index in [0.29, 0.717) is 16.5 Å². The highest BCUT2D eigenvalue weighted by atomic mass is 35.5. The number of piperidine rings is 1. The van der Waals surface area contributed by atoms with Gasteiger partial charge in [-0.25, -0.2) is 0 Å². The first-order valence-electron chi connectivity index (χ1n) is 8.52. The summed E-state index contributed by atoms with van der Waals surface area (Å²) in [7, 11) is 2.19. The van der Waals surface area contributed by atoms with Gasteiger partial charge in [-0.2, -0.15) is 5.26 Å². The van der Waals surface area contributed by atoms with Gasteiger partial charge < -0.3 is 14.7 Å². The summed E-state index contributed by atoms with van der Waals surface area (Å²) in [6.45, 7) is 7.84. The standard InChI is InChI=1S/C18H25ClN4/c1-21-8-10-22(11-9-21)13-15-4-3-7-23(14-15)18-16(12-20)5-2-6-17(18)19/h2,5-6,15H,3-4,7-11,13-14H2,1H3/t15-/m0/s1. The number of anilines is 1. The van der Waals surface area contributed by atoms with Crippen molar-refractivity contribution < 1.29 is 0 Å². The maximum absolute atomic E-state index is 9.38. The Morgan fingerprint density at radius 2 is 2.00 bits per heavy atom. The molecule has 0 spiro atoms. The molecule has 5 heteroatoms. The zero-order valence-electron chi connectivity index (χ0n) is 13.8. The number of likely N-dealkylation sites (N-methyl/N-ethyl adjacent to an activating group) is 1. The third kappa shape index (κ3) is 3.98. The molecule has 0 N–H and O–H groups in total. The Morgan fingerprint density at radius 3 is 2.74 bits per heavy atom. The maximum atomic E-state index is 9.38. The van der Waals surface area contributed by atoms with Crippen LogP contribution in [-0.4, -0.2) is 62.7 Å². The molecule has 2 fully saturated rings. The van der Waals surface area contributed by atoms with Crippen molar-refractivity contribution in [3.63, 3.8) is 0 Å². The van der Waals surface area contributed by atoms with E-state index in [1.165, 1.54) is 39.0 Å². The van der Waals surface area contributed by atoms with Crippen LogP contribution < -0.4 is 4.90 Å². The summed E-state index contributed by atoms with van der Waals surface area (Å²) in [6, 6.07) is 7.91. The number of hydrogen-bond acceptors (Lipinski definition) is 4. The molecule has 23 heavy (non-hydrogen) atoms. The van der Waals surface area contributed by atoms with Crippen LogP contribution in [0.25, 0.3) is 0 Å². The molecule has 2 aliphatic heterocycles. The van der Waals surface area contributed by atoms with Crippen LogP contribution in [0, 0.1) is 17.2 Å². The van der Waals surface area contributed by atoms with Crippen molar-refractivity contribution in [1.82, 2.24) is 9.80 Å². The molecule has 3 rings (SSSR count). The van der Waals surface area contributed by atoms with Crippen LogP contribution in [0.5, 0.6) is 0 Å². The van der Waals surface area contributed by atoms with Crippen molar-refractivity contribution in [3.05, 3.63) is 28.8 Å². The highest BCUT2D eigenvalue weighted by Gasteiger charge is 2.26. The Labute approximate surface area is 144 Å². The van der Waals surface area contributed by atoms with E-state index in [9.17, 15) is 5.26 Å². The Balaban J connectivity index is 1.66. The maximum Gasteiger partial charge on any atom is 0.101 e. The molecule has 0 radical (unpaired) electrons. The average Bonchev–Trinajstić information content (AvgIpc) is 2.57. The number of hydrogen-bond donors (Lipinski definition) is 0. The molecule has 0 aromatic heterocycles. The number of para-hydroxylation sites is 1. The number of nitrogens with zero attached hydrogens (tertiary/aromatic N) is 4. The minimum absolute atomic E-state index is 0.662. The molecule has 2 heterocycles. The van der Waals surface area contributed by atoms with Gasteiger partial charge in [0.1, 0.15) is 6.07 Å². The van der Waals surface area contributed by atoms with Crippen LogP contribution >= 0.6 is 11.6 Å². The molecule has 1 aromatic carbocycles. The Hall–Kier alpha value is -1.28. The van der Waals surface area contributed by atoms with Gasteiger partial charge in [0.15, 0.2) is 0 Å². The summed E-state index contributed by atoms with van der Waals surface area (Å²) >= 11 is 6.39. The molecule has 0 bridgehead atoms. The van der Waals surface area contributed by atoms with E-state index < -0.39 is 0 Å². The normalized spacial score (nSPS) is 23.7. The lowest BCUT2D eigenvalue weighted by Crippen LogP contribution is -2.48. The summed E-state index contributed by atoms with van der Waals surface area (Å²) in [6.07, 6.45) is 2.45. The number of halogens is 1. The van der Waals surface area contributed by atoms with Gasteiger partial charge in [-0.15, -0.1) is 0 Å².